The van der Waals surface area contributed by atoms with Gasteiger partial charge in [0.2, 0.25) is 0 Å². The van der Waals surface area contributed by atoms with Gasteiger partial charge in [-0.25, -0.2) is 12.8 Å². The number of amides is 1. The van der Waals surface area contributed by atoms with Gasteiger partial charge < -0.3 is 10.1 Å². The Labute approximate surface area is 162 Å². The van der Waals surface area contributed by atoms with Crippen molar-refractivity contribution in [1.82, 2.24) is 0 Å². The summed E-state index contributed by atoms with van der Waals surface area (Å²) < 4.78 is 45.9. The monoisotopic (exact) mass is 400 g/mol. The first-order valence-electron chi connectivity index (χ1n) is 8.22. The second-order valence-electron chi connectivity index (χ2n) is 5.79. The lowest BCUT2D eigenvalue weighted by atomic mass is 10.1. The van der Waals surface area contributed by atoms with Gasteiger partial charge in [-0.05, 0) is 42.5 Å². The molecule has 0 heterocycles. The summed E-state index contributed by atoms with van der Waals surface area (Å²) in [5.74, 6) is -0.615. The van der Waals surface area contributed by atoms with Gasteiger partial charge in [-0.1, -0.05) is 24.3 Å². The second-order valence-corrected chi connectivity index (χ2v) is 7.48. The van der Waals surface area contributed by atoms with Gasteiger partial charge in [0, 0.05) is 11.8 Å². The Balaban J connectivity index is 1.87. The Morgan fingerprint density at radius 1 is 0.964 bits per heavy atom. The first-order valence-corrected chi connectivity index (χ1v) is 9.70. The molecule has 0 spiro atoms. The number of benzene rings is 3. The Morgan fingerprint density at radius 3 is 2.46 bits per heavy atom. The molecule has 0 fully saturated rings. The SMILES string of the molecule is COc1cccc(NC(=O)c2ccccc2NS(=O)(=O)c2cccc(F)c2)c1. The van der Waals surface area contributed by atoms with Gasteiger partial charge >= 0.3 is 0 Å². The smallest absolute Gasteiger partial charge is 0.262 e. The van der Waals surface area contributed by atoms with Gasteiger partial charge in [0.05, 0.1) is 23.3 Å². The minimum Gasteiger partial charge on any atom is -0.497 e. The normalized spacial score (nSPS) is 10.9. The number of sulfonamides is 1. The summed E-state index contributed by atoms with van der Waals surface area (Å²) in [5.41, 5.74) is 0.685. The topological polar surface area (TPSA) is 84.5 Å². The van der Waals surface area contributed by atoms with Crippen LogP contribution in [0.15, 0.2) is 77.7 Å². The van der Waals surface area contributed by atoms with E-state index in [-0.39, 0.29) is 16.1 Å². The van der Waals surface area contributed by atoms with E-state index in [0.29, 0.717) is 11.4 Å². The molecule has 0 aliphatic heterocycles. The van der Waals surface area contributed by atoms with E-state index in [1.54, 1.807) is 36.4 Å². The van der Waals surface area contributed by atoms with Crippen LogP contribution < -0.4 is 14.8 Å². The van der Waals surface area contributed by atoms with Crippen LogP contribution in [-0.4, -0.2) is 21.4 Å². The van der Waals surface area contributed by atoms with Crippen molar-refractivity contribution in [3.63, 3.8) is 0 Å². The van der Waals surface area contributed by atoms with Gasteiger partial charge in [-0.3, -0.25) is 9.52 Å². The molecule has 2 N–H and O–H groups in total. The molecule has 8 heteroatoms. The number of hydrogen-bond donors (Lipinski definition) is 2. The molecule has 3 aromatic rings. The van der Waals surface area contributed by atoms with Crippen LogP contribution >= 0.6 is 0 Å². The molecule has 0 atom stereocenters. The standard InChI is InChI=1S/C20H17FN2O4S/c1-27-16-8-5-7-15(13-16)22-20(24)18-10-2-3-11-19(18)23-28(25,26)17-9-4-6-14(21)12-17/h2-13,23H,1H3,(H,22,24). The number of para-hydroxylation sites is 1. The van der Waals surface area contributed by atoms with E-state index < -0.39 is 21.7 Å². The van der Waals surface area contributed by atoms with E-state index in [2.05, 4.69) is 10.0 Å². The molecule has 28 heavy (non-hydrogen) atoms. The molecule has 0 unspecified atom stereocenters. The molecule has 144 valence electrons. The molecule has 0 saturated heterocycles. The Hall–Kier alpha value is -3.39. The number of carbonyl (C=O) groups is 1. The fourth-order valence-electron chi connectivity index (χ4n) is 2.51. The molecule has 0 aliphatic carbocycles. The fraction of sp³-hybridized carbons (Fsp3) is 0.0500. The third-order valence-electron chi connectivity index (χ3n) is 3.85. The molecular formula is C20H17FN2O4S. The van der Waals surface area contributed by atoms with Gasteiger partial charge in [-0.2, -0.15) is 0 Å². The minimum atomic E-state index is -4.07. The highest BCUT2D eigenvalue weighted by molar-refractivity contribution is 7.92. The highest BCUT2D eigenvalue weighted by Crippen LogP contribution is 2.23. The van der Waals surface area contributed by atoms with Crippen molar-refractivity contribution in [2.75, 3.05) is 17.1 Å². The van der Waals surface area contributed by atoms with Crippen LogP contribution in [0.25, 0.3) is 0 Å². The zero-order valence-electron chi connectivity index (χ0n) is 14.8. The van der Waals surface area contributed by atoms with E-state index in [1.165, 1.54) is 31.4 Å². The molecule has 0 aliphatic rings. The lowest BCUT2D eigenvalue weighted by Crippen LogP contribution is -2.18. The van der Waals surface area contributed by atoms with Gasteiger partial charge in [0.1, 0.15) is 11.6 Å². The largest absolute Gasteiger partial charge is 0.497 e. The van der Waals surface area contributed by atoms with E-state index in [1.807, 2.05) is 0 Å². The highest BCUT2D eigenvalue weighted by Gasteiger charge is 2.19. The molecule has 6 nitrogen and oxygen atoms in total. The minimum absolute atomic E-state index is 0.0761. The number of methoxy groups -OCH3 is 1. The van der Waals surface area contributed by atoms with Gasteiger partial charge in [0.25, 0.3) is 15.9 Å². The molecule has 1 amide bonds. The third-order valence-corrected chi connectivity index (χ3v) is 5.21. The number of hydrogen-bond acceptors (Lipinski definition) is 4. The molecular weight excluding hydrogens is 383 g/mol. The first-order chi connectivity index (χ1) is 13.4. The van der Waals surface area contributed by atoms with Gasteiger partial charge in [-0.15, -0.1) is 0 Å². The van der Waals surface area contributed by atoms with Crippen molar-refractivity contribution < 1.29 is 22.3 Å². The number of ether oxygens (including phenoxy) is 1. The maximum Gasteiger partial charge on any atom is 0.262 e. The van der Waals surface area contributed by atoms with Crippen molar-refractivity contribution in [3.05, 3.63) is 84.2 Å². The Bertz CT molecular complexity index is 1120. The van der Waals surface area contributed by atoms with Crippen molar-refractivity contribution in [3.8, 4) is 5.75 Å². The van der Waals surface area contributed by atoms with E-state index in [0.717, 1.165) is 12.1 Å². The number of nitrogens with one attached hydrogen (secondary N) is 2. The summed E-state index contributed by atoms with van der Waals surface area (Å²) in [4.78, 5) is 12.4. The van der Waals surface area contributed by atoms with Crippen LogP contribution in [0, 0.1) is 5.82 Å². The third kappa shape index (κ3) is 4.47. The maximum atomic E-state index is 13.4. The molecule has 0 aromatic heterocycles. The Morgan fingerprint density at radius 2 is 1.71 bits per heavy atom. The zero-order valence-corrected chi connectivity index (χ0v) is 15.7. The predicted molar refractivity (Wildman–Crippen MR) is 105 cm³/mol. The summed E-state index contributed by atoms with van der Waals surface area (Å²) in [6.45, 7) is 0. The zero-order chi connectivity index (χ0) is 20.1. The van der Waals surface area contributed by atoms with Crippen molar-refractivity contribution in [2.24, 2.45) is 0 Å². The van der Waals surface area contributed by atoms with Crippen LogP contribution in [0.5, 0.6) is 5.75 Å². The van der Waals surface area contributed by atoms with Crippen LogP contribution in [-0.2, 0) is 10.0 Å². The fourth-order valence-corrected chi connectivity index (χ4v) is 3.62. The van der Waals surface area contributed by atoms with E-state index in [4.69, 9.17) is 4.74 Å². The average molecular weight is 400 g/mol. The number of carbonyl (C=O) groups excluding carboxylic acids is 1. The molecule has 0 bridgehead atoms. The number of rotatable bonds is 6. The summed E-state index contributed by atoms with van der Waals surface area (Å²) in [6, 6.07) is 17.5. The molecule has 3 rings (SSSR count). The van der Waals surface area contributed by atoms with Crippen LogP contribution in [0.3, 0.4) is 0 Å². The number of halogens is 1. The van der Waals surface area contributed by atoms with Crippen molar-refractivity contribution >= 4 is 27.3 Å². The summed E-state index contributed by atoms with van der Waals surface area (Å²) in [7, 11) is -2.55. The van der Waals surface area contributed by atoms with Gasteiger partial charge in [0.15, 0.2) is 0 Å². The van der Waals surface area contributed by atoms with Crippen LogP contribution in [0.2, 0.25) is 0 Å². The lowest BCUT2D eigenvalue weighted by molar-refractivity contribution is 0.102. The first kappa shape index (κ1) is 19.4. The molecule has 0 radical (unpaired) electrons. The predicted octanol–water partition coefficient (Wildman–Crippen LogP) is 3.89. The van der Waals surface area contributed by atoms with Crippen LogP contribution in [0.1, 0.15) is 10.4 Å². The lowest BCUT2D eigenvalue weighted by Gasteiger charge is -2.13. The summed E-state index contributed by atoms with van der Waals surface area (Å²) in [5, 5.41) is 2.69. The quantitative estimate of drug-likeness (QED) is 0.658. The summed E-state index contributed by atoms with van der Waals surface area (Å²) >= 11 is 0. The van der Waals surface area contributed by atoms with E-state index in [9.17, 15) is 17.6 Å². The second kappa shape index (κ2) is 8.10. The molecule has 0 saturated carbocycles. The van der Waals surface area contributed by atoms with E-state index >= 15 is 0 Å². The summed E-state index contributed by atoms with van der Waals surface area (Å²) in [6.07, 6.45) is 0. The Kier molecular flexibility index (Phi) is 5.60. The average Bonchev–Trinajstić information content (AvgIpc) is 2.68. The van der Waals surface area contributed by atoms with Crippen molar-refractivity contribution in [1.29, 1.82) is 0 Å². The molecule has 3 aromatic carbocycles. The maximum absolute atomic E-state index is 13.4. The van der Waals surface area contributed by atoms with Crippen LogP contribution in [0.4, 0.5) is 15.8 Å². The highest BCUT2D eigenvalue weighted by atomic mass is 32.2. The van der Waals surface area contributed by atoms with Crippen molar-refractivity contribution in [2.45, 2.75) is 4.90 Å². The number of anilines is 2.